The van der Waals surface area contributed by atoms with E-state index in [4.69, 9.17) is 4.74 Å². The zero-order chi connectivity index (χ0) is 12.2. The fraction of sp³-hybridized carbons (Fsp3) is 0.444. The van der Waals surface area contributed by atoms with Crippen LogP contribution in [0.5, 0.6) is 0 Å². The van der Waals surface area contributed by atoms with Crippen molar-refractivity contribution in [2.75, 3.05) is 13.7 Å². The zero-order valence-electron chi connectivity index (χ0n) is 9.06. The number of sulfonamides is 1. The van der Waals surface area contributed by atoms with Gasteiger partial charge in [-0.25, -0.2) is 13.1 Å². The maximum absolute atomic E-state index is 11.8. The minimum Gasteiger partial charge on any atom is -0.383 e. The van der Waals surface area contributed by atoms with Crippen molar-refractivity contribution < 1.29 is 13.2 Å². The summed E-state index contributed by atoms with van der Waals surface area (Å²) in [4.78, 5) is 13.6. The third-order valence-corrected chi connectivity index (χ3v) is 3.46. The molecule has 0 saturated heterocycles. The van der Waals surface area contributed by atoms with Gasteiger partial charge in [0.15, 0.2) is 0 Å². The van der Waals surface area contributed by atoms with Gasteiger partial charge in [-0.2, -0.15) is 0 Å². The third kappa shape index (κ3) is 3.16. The molecule has 1 aromatic rings. The molecule has 0 spiro atoms. The Morgan fingerprint density at radius 2 is 2.25 bits per heavy atom. The van der Waals surface area contributed by atoms with E-state index in [0.717, 1.165) is 12.3 Å². The van der Waals surface area contributed by atoms with Gasteiger partial charge in [-0.1, -0.05) is 0 Å². The van der Waals surface area contributed by atoms with E-state index >= 15 is 0 Å². The Balaban J connectivity index is 2.95. The predicted molar refractivity (Wildman–Crippen MR) is 58.7 cm³/mol. The molecular weight excluding hydrogens is 232 g/mol. The Morgan fingerprint density at radius 1 is 1.56 bits per heavy atom. The van der Waals surface area contributed by atoms with Crippen LogP contribution in [0, 0.1) is 0 Å². The average Bonchev–Trinajstić information content (AvgIpc) is 2.17. The monoisotopic (exact) mass is 246 g/mol. The summed E-state index contributed by atoms with van der Waals surface area (Å²) in [5, 5.41) is 0. The molecule has 0 aliphatic heterocycles. The lowest BCUT2D eigenvalue weighted by Crippen LogP contribution is -2.37. The quantitative estimate of drug-likeness (QED) is 0.745. The predicted octanol–water partition coefficient (Wildman–Crippen LogP) is -0.312. The van der Waals surface area contributed by atoms with E-state index in [-0.39, 0.29) is 11.5 Å². The molecule has 0 bridgehead atoms. The number of hydrogen-bond donors (Lipinski definition) is 2. The first-order valence-electron chi connectivity index (χ1n) is 4.65. The van der Waals surface area contributed by atoms with Gasteiger partial charge in [0.25, 0.3) is 0 Å². The van der Waals surface area contributed by atoms with E-state index in [1.807, 2.05) is 0 Å². The number of aromatic amines is 1. The van der Waals surface area contributed by atoms with E-state index in [9.17, 15) is 13.2 Å². The van der Waals surface area contributed by atoms with Crippen molar-refractivity contribution in [1.29, 1.82) is 0 Å². The van der Waals surface area contributed by atoms with Gasteiger partial charge in [0.2, 0.25) is 15.5 Å². The molecule has 1 atom stereocenters. The van der Waals surface area contributed by atoms with Gasteiger partial charge in [0, 0.05) is 31.6 Å². The first-order chi connectivity index (χ1) is 7.47. The molecule has 90 valence electrons. The van der Waals surface area contributed by atoms with Crippen LogP contribution in [0.1, 0.15) is 6.92 Å². The highest BCUT2D eigenvalue weighted by molar-refractivity contribution is 7.89. The molecule has 0 saturated carbocycles. The molecule has 7 heteroatoms. The lowest BCUT2D eigenvalue weighted by molar-refractivity contribution is 0.180. The third-order valence-electron chi connectivity index (χ3n) is 1.85. The van der Waals surface area contributed by atoms with Crippen LogP contribution in [0.15, 0.2) is 28.2 Å². The summed E-state index contributed by atoms with van der Waals surface area (Å²) in [6.07, 6.45) is 2.53. The molecule has 0 aliphatic rings. The molecule has 0 radical (unpaired) electrons. The summed E-state index contributed by atoms with van der Waals surface area (Å²) in [5.41, 5.74) is -0.545. The van der Waals surface area contributed by atoms with Crippen LogP contribution in [-0.4, -0.2) is 33.2 Å². The topological polar surface area (TPSA) is 88.3 Å². The Morgan fingerprint density at radius 3 is 2.81 bits per heavy atom. The van der Waals surface area contributed by atoms with Crippen LogP contribution in [0.4, 0.5) is 0 Å². The number of nitrogens with one attached hydrogen (secondary N) is 2. The molecule has 1 rings (SSSR count). The van der Waals surface area contributed by atoms with Gasteiger partial charge in [0.05, 0.1) is 6.61 Å². The summed E-state index contributed by atoms with van der Waals surface area (Å²) in [5.74, 6) is 0. The fourth-order valence-corrected chi connectivity index (χ4v) is 2.50. The SMILES string of the molecule is COCC(C)NS(=O)(=O)c1c[nH]ccc1=O. The molecule has 2 N–H and O–H groups in total. The highest BCUT2D eigenvalue weighted by Gasteiger charge is 2.19. The largest absolute Gasteiger partial charge is 0.383 e. The highest BCUT2D eigenvalue weighted by Crippen LogP contribution is 2.01. The van der Waals surface area contributed by atoms with Crippen LogP contribution in [0.2, 0.25) is 0 Å². The zero-order valence-corrected chi connectivity index (χ0v) is 9.87. The lowest BCUT2D eigenvalue weighted by Gasteiger charge is -2.12. The average molecular weight is 246 g/mol. The Hall–Kier alpha value is -1.18. The van der Waals surface area contributed by atoms with Crippen molar-refractivity contribution in [2.24, 2.45) is 0 Å². The van der Waals surface area contributed by atoms with Gasteiger partial charge >= 0.3 is 0 Å². The first kappa shape index (κ1) is 12.9. The minimum atomic E-state index is -3.79. The number of H-pyrrole nitrogens is 1. The fourth-order valence-electron chi connectivity index (χ4n) is 1.22. The number of methoxy groups -OCH3 is 1. The molecule has 0 aromatic carbocycles. The molecule has 6 nitrogen and oxygen atoms in total. The van der Waals surface area contributed by atoms with Crippen LogP contribution >= 0.6 is 0 Å². The van der Waals surface area contributed by atoms with Crippen molar-refractivity contribution in [3.63, 3.8) is 0 Å². The van der Waals surface area contributed by atoms with Crippen molar-refractivity contribution in [3.05, 3.63) is 28.7 Å². The van der Waals surface area contributed by atoms with E-state index in [1.165, 1.54) is 13.3 Å². The number of rotatable bonds is 5. The van der Waals surface area contributed by atoms with Gasteiger partial charge < -0.3 is 9.72 Å². The molecule has 1 heterocycles. The molecule has 0 amide bonds. The van der Waals surface area contributed by atoms with Gasteiger partial charge in [-0.05, 0) is 6.92 Å². The second kappa shape index (κ2) is 5.24. The van der Waals surface area contributed by atoms with Crippen molar-refractivity contribution in [1.82, 2.24) is 9.71 Å². The van der Waals surface area contributed by atoms with Crippen LogP contribution in [-0.2, 0) is 14.8 Å². The highest BCUT2D eigenvalue weighted by atomic mass is 32.2. The standard InChI is InChI=1S/C9H14N2O4S/c1-7(6-15-2)11-16(13,14)9-5-10-4-3-8(9)12/h3-5,7,11H,6H2,1-2H3,(H,10,12). The maximum atomic E-state index is 11.8. The molecule has 0 aliphatic carbocycles. The van der Waals surface area contributed by atoms with E-state index < -0.39 is 21.5 Å². The van der Waals surface area contributed by atoms with Crippen LogP contribution in [0.3, 0.4) is 0 Å². The van der Waals surface area contributed by atoms with E-state index in [2.05, 4.69) is 9.71 Å². The summed E-state index contributed by atoms with van der Waals surface area (Å²) in [7, 11) is -2.31. The maximum Gasteiger partial charge on any atom is 0.246 e. The minimum absolute atomic E-state index is 0.240. The van der Waals surface area contributed by atoms with E-state index in [1.54, 1.807) is 6.92 Å². The number of hydrogen-bond acceptors (Lipinski definition) is 4. The molecular formula is C9H14N2O4S. The Labute approximate surface area is 93.7 Å². The summed E-state index contributed by atoms with van der Waals surface area (Å²) < 4.78 is 30.6. The van der Waals surface area contributed by atoms with Crippen LogP contribution < -0.4 is 10.2 Å². The molecule has 16 heavy (non-hydrogen) atoms. The molecule has 1 unspecified atom stereocenters. The summed E-state index contributed by atoms with van der Waals surface area (Å²) in [6, 6.07) is 0.768. The molecule has 1 aromatic heterocycles. The van der Waals surface area contributed by atoms with E-state index in [0.29, 0.717) is 0 Å². The lowest BCUT2D eigenvalue weighted by atomic mass is 10.4. The van der Waals surface area contributed by atoms with Crippen molar-refractivity contribution in [3.8, 4) is 0 Å². The summed E-state index contributed by atoms with van der Waals surface area (Å²) in [6.45, 7) is 1.89. The van der Waals surface area contributed by atoms with Crippen molar-refractivity contribution in [2.45, 2.75) is 17.9 Å². The number of pyridine rings is 1. The van der Waals surface area contributed by atoms with Gasteiger partial charge in [-0.3, -0.25) is 4.79 Å². The number of ether oxygens (including phenoxy) is 1. The smallest absolute Gasteiger partial charge is 0.246 e. The molecule has 0 fully saturated rings. The number of aromatic nitrogens is 1. The second-order valence-electron chi connectivity index (χ2n) is 3.35. The van der Waals surface area contributed by atoms with Gasteiger partial charge in [-0.15, -0.1) is 0 Å². The first-order valence-corrected chi connectivity index (χ1v) is 6.14. The normalized spacial score (nSPS) is 13.6. The second-order valence-corrected chi connectivity index (χ2v) is 5.03. The Bertz CT molecular complexity index is 494. The van der Waals surface area contributed by atoms with Crippen molar-refractivity contribution >= 4 is 10.0 Å². The Kier molecular flexibility index (Phi) is 4.22. The van der Waals surface area contributed by atoms with Crippen LogP contribution in [0.25, 0.3) is 0 Å². The summed E-state index contributed by atoms with van der Waals surface area (Å²) >= 11 is 0. The van der Waals surface area contributed by atoms with Gasteiger partial charge in [0.1, 0.15) is 4.90 Å².